The number of amides is 2. The summed E-state index contributed by atoms with van der Waals surface area (Å²) in [6, 6.07) is 7.34. The molecule has 6 nitrogen and oxygen atoms in total. The lowest BCUT2D eigenvalue weighted by Crippen LogP contribution is -2.37. The Kier molecular flexibility index (Phi) is 6.61. The number of rotatable bonds is 7. The summed E-state index contributed by atoms with van der Waals surface area (Å²) in [5.41, 5.74) is 1.07. The number of nitrogens with zero attached hydrogens (tertiary/aromatic N) is 1. The quantitative estimate of drug-likeness (QED) is 0.755. The van der Waals surface area contributed by atoms with Gasteiger partial charge in [-0.05, 0) is 24.1 Å². The van der Waals surface area contributed by atoms with Gasteiger partial charge in [0.2, 0.25) is 11.8 Å². The maximum atomic E-state index is 12.0. The lowest BCUT2D eigenvalue weighted by molar-refractivity contribution is -0.142. The summed E-state index contributed by atoms with van der Waals surface area (Å²) in [5.74, 6) is -0.638. The van der Waals surface area contributed by atoms with E-state index < -0.39 is 5.97 Å². The third-order valence-electron chi connectivity index (χ3n) is 3.92. The van der Waals surface area contributed by atoms with Crippen LogP contribution >= 0.6 is 11.6 Å². The molecule has 0 bridgehead atoms. The summed E-state index contributed by atoms with van der Waals surface area (Å²) < 4.78 is 4.50. The molecule has 7 heteroatoms. The van der Waals surface area contributed by atoms with Gasteiger partial charge in [0.25, 0.3) is 0 Å². The topological polar surface area (TPSA) is 75.7 Å². The molecule has 2 amide bonds. The molecule has 1 atom stereocenters. The molecule has 1 saturated heterocycles. The molecule has 0 aliphatic carbocycles. The highest BCUT2D eigenvalue weighted by molar-refractivity contribution is 6.30. The fraction of sp³-hybridized carbons (Fsp3) is 0.471. The normalized spacial score (nSPS) is 17.0. The van der Waals surface area contributed by atoms with Gasteiger partial charge in [0.1, 0.15) is 0 Å². The first kappa shape index (κ1) is 18.3. The molecular formula is C17H21ClN2O4. The smallest absolute Gasteiger partial charge is 0.306 e. The van der Waals surface area contributed by atoms with Gasteiger partial charge in [0.15, 0.2) is 0 Å². The van der Waals surface area contributed by atoms with Crippen LogP contribution in [0.1, 0.15) is 24.8 Å². The Morgan fingerprint density at radius 2 is 2.17 bits per heavy atom. The largest absolute Gasteiger partial charge is 0.469 e. The molecular weight excluding hydrogens is 332 g/mol. The number of likely N-dealkylation sites (tertiary alicyclic amines) is 1. The monoisotopic (exact) mass is 352 g/mol. The van der Waals surface area contributed by atoms with Crippen LogP contribution in [0.5, 0.6) is 0 Å². The minimum Gasteiger partial charge on any atom is -0.469 e. The minimum absolute atomic E-state index is 0.0234. The molecule has 1 aliphatic rings. The Morgan fingerprint density at radius 3 is 2.88 bits per heavy atom. The number of carbonyl (C=O) groups excluding carboxylic acids is 3. The predicted octanol–water partition coefficient (Wildman–Crippen LogP) is 1.55. The molecule has 1 N–H and O–H groups in total. The highest BCUT2D eigenvalue weighted by atomic mass is 35.5. The van der Waals surface area contributed by atoms with Crippen LogP contribution in [0, 0.1) is 0 Å². The first-order chi connectivity index (χ1) is 11.5. The van der Waals surface area contributed by atoms with Crippen molar-refractivity contribution in [2.45, 2.75) is 31.7 Å². The van der Waals surface area contributed by atoms with Crippen LogP contribution in [0.4, 0.5) is 0 Å². The van der Waals surface area contributed by atoms with Crippen molar-refractivity contribution in [3.8, 4) is 0 Å². The highest BCUT2D eigenvalue weighted by Gasteiger charge is 2.30. The summed E-state index contributed by atoms with van der Waals surface area (Å²) in [7, 11) is 1.29. The molecule has 0 aromatic heterocycles. The Balaban J connectivity index is 1.76. The Bertz CT molecular complexity index is 620. The second-order valence-corrected chi connectivity index (χ2v) is 6.20. The number of nitrogens with one attached hydrogen (secondary N) is 1. The third-order valence-corrected chi connectivity index (χ3v) is 4.16. The van der Waals surface area contributed by atoms with Crippen LogP contribution in [0.2, 0.25) is 5.02 Å². The zero-order valence-corrected chi connectivity index (χ0v) is 14.3. The lowest BCUT2D eigenvalue weighted by Gasteiger charge is -2.17. The molecule has 130 valence electrons. The van der Waals surface area contributed by atoms with E-state index in [2.05, 4.69) is 10.1 Å². The van der Waals surface area contributed by atoms with E-state index >= 15 is 0 Å². The van der Waals surface area contributed by atoms with Crippen LogP contribution in [0.25, 0.3) is 0 Å². The summed E-state index contributed by atoms with van der Waals surface area (Å²) in [4.78, 5) is 36.6. The average Bonchev–Trinajstić information content (AvgIpc) is 2.90. The van der Waals surface area contributed by atoms with E-state index in [1.807, 2.05) is 24.3 Å². The summed E-state index contributed by atoms with van der Waals surface area (Å²) in [6.45, 7) is 1.08. The standard InChI is InChI=1S/C17H21ClN2O4/c1-24-17(23)6-5-15(21)19-14-10-16(22)20(11-14)8-7-12-3-2-4-13(18)9-12/h2-4,9,14H,5-8,10-11H2,1H3,(H,19,21)/t14-/m0/s1. The van der Waals surface area contributed by atoms with Crippen molar-refractivity contribution in [2.75, 3.05) is 20.2 Å². The zero-order chi connectivity index (χ0) is 17.5. The SMILES string of the molecule is COC(=O)CCC(=O)N[C@H]1CC(=O)N(CCc2cccc(Cl)c2)C1. The molecule has 1 fully saturated rings. The number of methoxy groups -OCH3 is 1. The third kappa shape index (κ3) is 5.53. The van der Waals surface area contributed by atoms with E-state index in [-0.39, 0.29) is 30.7 Å². The zero-order valence-electron chi connectivity index (χ0n) is 13.6. The molecule has 0 unspecified atom stereocenters. The van der Waals surface area contributed by atoms with Crippen LogP contribution in [-0.2, 0) is 25.5 Å². The van der Waals surface area contributed by atoms with Gasteiger partial charge in [-0.2, -0.15) is 0 Å². The van der Waals surface area contributed by atoms with Crippen molar-refractivity contribution >= 4 is 29.4 Å². The van der Waals surface area contributed by atoms with Crippen molar-refractivity contribution in [3.63, 3.8) is 0 Å². The molecule has 1 aliphatic heterocycles. The molecule has 0 radical (unpaired) electrons. The first-order valence-electron chi connectivity index (χ1n) is 7.86. The van der Waals surface area contributed by atoms with Crippen LogP contribution in [0.3, 0.4) is 0 Å². The average molecular weight is 353 g/mol. The molecule has 24 heavy (non-hydrogen) atoms. The summed E-state index contributed by atoms with van der Waals surface area (Å²) in [6.07, 6.45) is 1.12. The van der Waals surface area contributed by atoms with Crippen molar-refractivity contribution in [1.29, 1.82) is 0 Å². The van der Waals surface area contributed by atoms with Crippen LogP contribution in [-0.4, -0.2) is 48.9 Å². The molecule has 1 aromatic carbocycles. The number of hydrogen-bond donors (Lipinski definition) is 1. The van der Waals surface area contributed by atoms with Crippen LogP contribution < -0.4 is 5.32 Å². The van der Waals surface area contributed by atoms with E-state index in [1.54, 1.807) is 4.90 Å². The maximum Gasteiger partial charge on any atom is 0.306 e. The number of benzene rings is 1. The Hall–Kier alpha value is -2.08. The van der Waals surface area contributed by atoms with Gasteiger partial charge in [-0.3, -0.25) is 14.4 Å². The molecule has 0 saturated carbocycles. The summed E-state index contributed by atoms with van der Waals surface area (Å²) in [5, 5.41) is 3.47. The van der Waals surface area contributed by atoms with Crippen molar-refractivity contribution in [3.05, 3.63) is 34.9 Å². The minimum atomic E-state index is -0.421. The number of esters is 1. The number of halogens is 1. The maximum absolute atomic E-state index is 12.0. The number of hydrogen-bond acceptors (Lipinski definition) is 4. The van der Waals surface area contributed by atoms with Gasteiger partial charge in [-0.25, -0.2) is 0 Å². The van der Waals surface area contributed by atoms with Crippen molar-refractivity contribution in [1.82, 2.24) is 10.2 Å². The van der Waals surface area contributed by atoms with Gasteiger partial charge >= 0.3 is 5.97 Å². The fourth-order valence-corrected chi connectivity index (χ4v) is 2.87. The van der Waals surface area contributed by atoms with Gasteiger partial charge in [0, 0.05) is 31.0 Å². The summed E-state index contributed by atoms with van der Waals surface area (Å²) >= 11 is 5.95. The second kappa shape index (κ2) is 8.68. The second-order valence-electron chi connectivity index (χ2n) is 5.76. The molecule has 2 rings (SSSR count). The van der Waals surface area contributed by atoms with E-state index in [1.165, 1.54) is 7.11 Å². The lowest BCUT2D eigenvalue weighted by atomic mass is 10.1. The first-order valence-corrected chi connectivity index (χ1v) is 8.24. The van der Waals surface area contributed by atoms with Gasteiger partial charge in [0.05, 0.1) is 19.6 Å². The fourth-order valence-electron chi connectivity index (χ4n) is 2.66. The van der Waals surface area contributed by atoms with Crippen LogP contribution in [0.15, 0.2) is 24.3 Å². The predicted molar refractivity (Wildman–Crippen MR) is 89.5 cm³/mol. The van der Waals surface area contributed by atoms with E-state index in [0.29, 0.717) is 24.5 Å². The Morgan fingerprint density at radius 1 is 1.38 bits per heavy atom. The Labute approximate surface area is 146 Å². The van der Waals surface area contributed by atoms with Crippen molar-refractivity contribution < 1.29 is 19.1 Å². The number of ether oxygens (including phenoxy) is 1. The van der Waals surface area contributed by atoms with E-state index in [4.69, 9.17) is 11.6 Å². The molecule has 0 spiro atoms. The van der Waals surface area contributed by atoms with Crippen molar-refractivity contribution in [2.24, 2.45) is 0 Å². The molecule has 1 aromatic rings. The van der Waals surface area contributed by atoms with Gasteiger partial charge < -0.3 is 15.0 Å². The van der Waals surface area contributed by atoms with E-state index in [0.717, 1.165) is 12.0 Å². The highest BCUT2D eigenvalue weighted by Crippen LogP contribution is 2.15. The van der Waals surface area contributed by atoms with Gasteiger partial charge in [-0.1, -0.05) is 23.7 Å². The number of carbonyl (C=O) groups is 3. The molecule has 1 heterocycles. The van der Waals surface area contributed by atoms with E-state index in [9.17, 15) is 14.4 Å². The van der Waals surface area contributed by atoms with Gasteiger partial charge in [-0.15, -0.1) is 0 Å².